The summed E-state index contributed by atoms with van der Waals surface area (Å²) in [6.07, 6.45) is -0.560. The average Bonchev–Trinajstić information content (AvgIpc) is 3.99. The van der Waals surface area contributed by atoms with Gasteiger partial charge in [-0.15, -0.1) is 11.3 Å². The van der Waals surface area contributed by atoms with Crippen molar-refractivity contribution in [3.8, 4) is 28.0 Å². The molecular weight excluding hydrogens is 900 g/mol. The van der Waals surface area contributed by atoms with E-state index in [2.05, 4.69) is 60.0 Å². The second-order valence-electron chi connectivity index (χ2n) is 20.4. The van der Waals surface area contributed by atoms with E-state index in [-0.39, 0.29) is 72.7 Å². The molecule has 358 valence electrons. The third-order valence-electron chi connectivity index (χ3n) is 13.4. The molecule has 15 heteroatoms. The topological polar surface area (TPSA) is 155 Å². The van der Waals surface area contributed by atoms with Crippen LogP contribution in [0.3, 0.4) is 0 Å². The highest BCUT2D eigenvalue weighted by Crippen LogP contribution is 2.59. The largest absolute Gasteiger partial charge is 0.489 e. The average molecular weight is 962 g/mol. The van der Waals surface area contributed by atoms with E-state index in [0.717, 1.165) is 32.8 Å². The molecule has 4 amide bonds. The number of ether oxygens (including phenoxy) is 2. The van der Waals surface area contributed by atoms with Crippen molar-refractivity contribution in [1.29, 1.82) is 0 Å². The third-order valence-corrected chi connectivity index (χ3v) is 14.7. The number of carbonyl (C=O) groups excluding carboxylic acids is 4. The van der Waals surface area contributed by atoms with Crippen molar-refractivity contribution in [2.45, 2.75) is 124 Å². The summed E-state index contributed by atoms with van der Waals surface area (Å²) in [6, 6.07) is 16.4. The molecule has 1 saturated heterocycles. The van der Waals surface area contributed by atoms with Crippen LogP contribution in [-0.4, -0.2) is 93.6 Å². The lowest BCUT2D eigenvalue weighted by atomic mass is 9.49. The summed E-state index contributed by atoms with van der Waals surface area (Å²) in [5.74, 6) is 5.73. The highest BCUT2D eigenvalue weighted by Gasteiger charge is 2.67. The number of benzene rings is 3. The molecule has 1 aromatic heterocycles. The van der Waals surface area contributed by atoms with E-state index in [1.165, 1.54) is 4.90 Å². The normalized spacial score (nSPS) is 21.1. The minimum Gasteiger partial charge on any atom is -0.489 e. The van der Waals surface area contributed by atoms with Crippen LogP contribution < -0.4 is 15.4 Å². The van der Waals surface area contributed by atoms with Gasteiger partial charge in [0.15, 0.2) is 0 Å². The van der Waals surface area contributed by atoms with E-state index in [1.54, 1.807) is 29.5 Å². The molecule has 4 atom stereocenters. The third kappa shape index (κ3) is 10.4. The van der Waals surface area contributed by atoms with Gasteiger partial charge in [-0.25, -0.2) is 9.83 Å². The van der Waals surface area contributed by atoms with Crippen molar-refractivity contribution in [1.82, 2.24) is 25.4 Å². The van der Waals surface area contributed by atoms with Crippen LogP contribution in [0.2, 0.25) is 5.02 Å². The summed E-state index contributed by atoms with van der Waals surface area (Å²) >= 11 is 7.87. The quantitative estimate of drug-likeness (QED) is 0.0645. The molecule has 4 aromatic rings. The van der Waals surface area contributed by atoms with E-state index in [1.807, 2.05) is 87.5 Å². The zero-order valence-corrected chi connectivity index (χ0v) is 41.8. The zero-order chi connectivity index (χ0) is 49.3. The number of rotatable bonds is 14. The second-order valence-corrected chi connectivity index (χ2v) is 21.6. The molecule has 3 aliphatic rings. The van der Waals surface area contributed by atoms with Crippen molar-refractivity contribution in [3.63, 3.8) is 0 Å². The zero-order valence-electron chi connectivity index (χ0n) is 40.2. The number of nitrogens with one attached hydrogen (secondary N) is 2. The second kappa shape index (κ2) is 20.1. The van der Waals surface area contributed by atoms with Crippen molar-refractivity contribution >= 4 is 52.3 Å². The summed E-state index contributed by atoms with van der Waals surface area (Å²) in [6.45, 7) is 26.0. The van der Waals surface area contributed by atoms with Crippen molar-refractivity contribution in [3.05, 3.63) is 111 Å². The van der Waals surface area contributed by atoms with Gasteiger partial charge in [-0.05, 0) is 66.3 Å². The van der Waals surface area contributed by atoms with Gasteiger partial charge >= 0.3 is 0 Å². The predicted octanol–water partition coefficient (Wildman–Crippen LogP) is 8.68. The minimum atomic E-state index is -0.949. The van der Waals surface area contributed by atoms with Crippen LogP contribution in [-0.2, 0) is 25.7 Å². The molecular formula is C53H61ClN6O7S. The Morgan fingerprint density at radius 2 is 1.76 bits per heavy atom. The SMILES string of the molecule is [C-]#[N+]c1ccc(OC2C(C)(C)C(N3Cc4cc(C#CCCOCCC(=O)N[C@H](C(=O)N5C[C@H](O)C[C@H]5C(=O)N[C@@H](C)c5ccc(-c6scnc6C)cc5)C(C)(C)C)ccc4C3=O)C2(C)C)cc1Cl. The van der Waals surface area contributed by atoms with Crippen LogP contribution in [0.25, 0.3) is 15.3 Å². The number of thiazole rings is 1. The number of aliphatic hydroxyl groups is 1. The van der Waals surface area contributed by atoms with Crippen LogP contribution >= 0.6 is 22.9 Å². The fourth-order valence-corrected chi connectivity index (χ4v) is 11.5. The number of β-amino-alcohol motifs (C(OH)–C–C–N with tert-alkyl or cyclic N) is 1. The van der Waals surface area contributed by atoms with Gasteiger partial charge in [0.05, 0.1) is 53.0 Å². The number of hydrogen-bond donors (Lipinski definition) is 3. The Labute approximate surface area is 408 Å². The number of halogens is 1. The first-order chi connectivity index (χ1) is 32.1. The Morgan fingerprint density at radius 3 is 2.41 bits per heavy atom. The van der Waals surface area contributed by atoms with Crippen molar-refractivity contribution < 1.29 is 33.8 Å². The van der Waals surface area contributed by atoms with E-state index in [0.29, 0.717) is 41.6 Å². The lowest BCUT2D eigenvalue weighted by molar-refractivity contribution is -0.199. The fourth-order valence-electron chi connectivity index (χ4n) is 10.4. The monoisotopic (exact) mass is 960 g/mol. The summed E-state index contributed by atoms with van der Waals surface area (Å²) in [7, 11) is 0. The standard InChI is InChI=1S/C53H61ClN6O7S/c1-31(34-15-17-35(18-16-34)44-32(2)56-30-68-44)57-46(63)42-26-37(61)29-59(42)48(65)45(51(3,4)5)58-43(62)22-24-66-23-12-11-13-33-14-20-39-36(25-33)28-60(47(39)64)49-52(6,7)50(53(49,8)9)67-38-19-21-41(55-10)40(54)27-38/h14-21,25,27,30-31,37,42,45,49-50,61H,12,22-24,26,28-29H2,1-9H3,(H,57,63)(H,58,62)/t31-,37+,42-,45+,49?,50?/m0/s1. The number of aryl methyl sites for hydroxylation is 1. The predicted molar refractivity (Wildman–Crippen MR) is 263 cm³/mol. The highest BCUT2D eigenvalue weighted by molar-refractivity contribution is 7.13. The van der Waals surface area contributed by atoms with Crippen LogP contribution in [0.15, 0.2) is 66.2 Å². The molecule has 3 aromatic carbocycles. The minimum absolute atomic E-state index is 0.0141. The first-order valence-corrected chi connectivity index (χ1v) is 24.3. The summed E-state index contributed by atoms with van der Waals surface area (Å²) in [5, 5.41) is 16.9. The van der Waals surface area contributed by atoms with Gasteiger partial charge in [-0.2, -0.15) is 0 Å². The highest BCUT2D eigenvalue weighted by atomic mass is 35.5. The first-order valence-electron chi connectivity index (χ1n) is 23.0. The van der Waals surface area contributed by atoms with Crippen LogP contribution in [0.4, 0.5) is 5.69 Å². The maximum absolute atomic E-state index is 14.1. The Hall–Kier alpha value is -5.77. The number of carbonyl (C=O) groups is 4. The molecule has 7 rings (SSSR count). The molecule has 3 N–H and O–H groups in total. The molecule has 0 spiro atoms. The summed E-state index contributed by atoms with van der Waals surface area (Å²) < 4.78 is 12.2. The molecule has 2 fully saturated rings. The molecule has 2 aliphatic heterocycles. The van der Waals surface area contributed by atoms with Crippen molar-refractivity contribution in [2.24, 2.45) is 16.2 Å². The van der Waals surface area contributed by atoms with Crippen LogP contribution in [0, 0.1) is 41.6 Å². The van der Waals surface area contributed by atoms with Gasteiger partial charge < -0.3 is 35.0 Å². The van der Waals surface area contributed by atoms with Gasteiger partial charge in [0.25, 0.3) is 5.91 Å². The molecule has 0 unspecified atom stereocenters. The Morgan fingerprint density at radius 1 is 1.04 bits per heavy atom. The molecule has 3 heterocycles. The molecule has 1 aliphatic carbocycles. The van der Waals surface area contributed by atoms with Crippen LogP contribution in [0.5, 0.6) is 5.75 Å². The van der Waals surface area contributed by atoms with Gasteiger partial charge in [-0.3, -0.25) is 19.2 Å². The first kappa shape index (κ1) is 50.1. The maximum Gasteiger partial charge on any atom is 0.254 e. The Kier molecular flexibility index (Phi) is 14.8. The summed E-state index contributed by atoms with van der Waals surface area (Å²) in [5.41, 5.74) is 6.02. The lowest BCUT2D eigenvalue weighted by Gasteiger charge is -2.65. The Bertz CT molecular complexity index is 2660. The molecule has 0 radical (unpaired) electrons. The molecule has 13 nitrogen and oxygen atoms in total. The van der Waals surface area contributed by atoms with E-state index >= 15 is 0 Å². The van der Waals surface area contributed by atoms with E-state index in [9.17, 15) is 24.3 Å². The number of likely N-dealkylation sites (tertiary alicyclic amines) is 1. The number of amides is 4. The number of hydrogen-bond acceptors (Lipinski definition) is 9. The van der Waals surface area contributed by atoms with Gasteiger partial charge in [0, 0.05) is 60.4 Å². The molecule has 1 saturated carbocycles. The lowest BCUT2D eigenvalue weighted by Crippen LogP contribution is -2.74. The summed E-state index contributed by atoms with van der Waals surface area (Å²) in [4.78, 5) is 67.0. The van der Waals surface area contributed by atoms with E-state index in [4.69, 9.17) is 27.6 Å². The number of nitrogens with zero attached hydrogens (tertiary/aromatic N) is 4. The van der Waals surface area contributed by atoms with Crippen molar-refractivity contribution in [2.75, 3.05) is 19.8 Å². The van der Waals surface area contributed by atoms with Gasteiger partial charge in [-0.1, -0.05) is 102 Å². The molecule has 0 bridgehead atoms. The maximum atomic E-state index is 14.1. The Balaban J connectivity index is 0.869. The smallest absolute Gasteiger partial charge is 0.254 e. The fraction of sp³-hybridized carbons (Fsp3) is 0.472. The number of aromatic nitrogens is 1. The molecule has 68 heavy (non-hydrogen) atoms. The van der Waals surface area contributed by atoms with Gasteiger partial charge in [0.2, 0.25) is 23.4 Å². The van der Waals surface area contributed by atoms with Gasteiger partial charge in [0.1, 0.15) is 23.9 Å². The van der Waals surface area contributed by atoms with E-state index < -0.39 is 29.5 Å². The van der Waals surface area contributed by atoms with Crippen LogP contribution in [0.1, 0.15) is 113 Å². The number of aliphatic hydroxyl groups excluding tert-OH is 1. The number of fused-ring (bicyclic) bond motifs is 1.